The number of fused-ring (bicyclic) bond motifs is 2. The van der Waals surface area contributed by atoms with Gasteiger partial charge in [0, 0.05) is 27.9 Å². The highest BCUT2D eigenvalue weighted by molar-refractivity contribution is 9.10. The summed E-state index contributed by atoms with van der Waals surface area (Å²) in [5.41, 5.74) is 6.02. The molecule has 0 unspecified atom stereocenters. The summed E-state index contributed by atoms with van der Waals surface area (Å²) in [7, 11) is 0. The Morgan fingerprint density at radius 2 is 2.20 bits per heavy atom. The fourth-order valence-electron chi connectivity index (χ4n) is 2.85. The average Bonchev–Trinajstić information content (AvgIpc) is 3.24. The van der Waals surface area contributed by atoms with Gasteiger partial charge in [-0.1, -0.05) is 0 Å². The number of hydrogen-bond donors (Lipinski definition) is 1. The van der Waals surface area contributed by atoms with E-state index in [1.807, 2.05) is 0 Å². The first-order valence-electron chi connectivity index (χ1n) is 7.18. The maximum absolute atomic E-state index is 5.66. The van der Waals surface area contributed by atoms with Crippen molar-refractivity contribution in [3.05, 3.63) is 33.4 Å². The number of benzene rings is 1. The molecule has 1 N–H and O–H groups in total. The predicted octanol–water partition coefficient (Wildman–Crippen LogP) is 3.95. The molecule has 0 bridgehead atoms. The van der Waals surface area contributed by atoms with Crippen LogP contribution in [0.4, 0.5) is 5.69 Å². The van der Waals surface area contributed by atoms with Crippen LogP contribution in [0.25, 0.3) is 10.9 Å². The van der Waals surface area contributed by atoms with Crippen molar-refractivity contribution in [1.29, 1.82) is 0 Å². The van der Waals surface area contributed by atoms with Gasteiger partial charge in [0.1, 0.15) is 0 Å². The summed E-state index contributed by atoms with van der Waals surface area (Å²) in [6, 6.07) is 5.00. The van der Waals surface area contributed by atoms with E-state index in [-0.39, 0.29) is 0 Å². The van der Waals surface area contributed by atoms with Gasteiger partial charge in [0.25, 0.3) is 0 Å². The van der Waals surface area contributed by atoms with Crippen LogP contribution in [-0.2, 0) is 17.8 Å². The summed E-state index contributed by atoms with van der Waals surface area (Å²) in [4.78, 5) is 4.88. The van der Waals surface area contributed by atoms with E-state index in [0.717, 1.165) is 23.0 Å². The number of ether oxygens (including phenoxy) is 1. The predicted molar refractivity (Wildman–Crippen MR) is 84.2 cm³/mol. The Hall–Kier alpha value is -1.13. The minimum Gasteiger partial charge on any atom is -0.381 e. The Morgan fingerprint density at radius 3 is 3.00 bits per heavy atom. The Labute approximate surface area is 126 Å². The van der Waals surface area contributed by atoms with E-state index in [1.165, 1.54) is 40.7 Å². The van der Waals surface area contributed by atoms with Gasteiger partial charge in [0.15, 0.2) is 0 Å². The lowest BCUT2D eigenvalue weighted by Gasteiger charge is -2.22. The summed E-state index contributed by atoms with van der Waals surface area (Å²) >= 11 is 3.67. The second kappa shape index (κ2) is 4.71. The lowest BCUT2D eigenvalue weighted by Crippen LogP contribution is -2.16. The zero-order chi connectivity index (χ0) is 13.7. The summed E-state index contributed by atoms with van der Waals surface area (Å²) in [5, 5.41) is 4.92. The molecule has 2 aromatic rings. The first-order chi connectivity index (χ1) is 9.72. The Morgan fingerprint density at radius 1 is 1.35 bits per heavy atom. The molecule has 2 heterocycles. The number of halogens is 1. The van der Waals surface area contributed by atoms with E-state index in [2.05, 4.69) is 40.3 Å². The molecule has 20 heavy (non-hydrogen) atoms. The van der Waals surface area contributed by atoms with Crippen molar-refractivity contribution >= 4 is 32.5 Å². The maximum Gasteiger partial charge on any atom is 0.0868 e. The Kier molecular flexibility index (Phi) is 2.97. The van der Waals surface area contributed by atoms with E-state index >= 15 is 0 Å². The third-order valence-corrected chi connectivity index (χ3v) is 4.63. The number of aryl methyl sites for hydroxylation is 1. The Bertz CT molecular complexity index is 695. The van der Waals surface area contributed by atoms with Crippen molar-refractivity contribution in [2.45, 2.75) is 38.8 Å². The summed E-state index contributed by atoms with van der Waals surface area (Å²) in [5.74, 6) is 0. The molecule has 0 radical (unpaired) electrons. The van der Waals surface area contributed by atoms with Crippen LogP contribution in [0.15, 0.2) is 16.6 Å². The summed E-state index contributed by atoms with van der Waals surface area (Å²) in [6.07, 6.45) is 3.45. The van der Waals surface area contributed by atoms with Gasteiger partial charge in [-0.15, -0.1) is 0 Å². The first kappa shape index (κ1) is 12.6. The highest BCUT2D eigenvalue weighted by atomic mass is 79.9. The molecule has 1 aromatic carbocycles. The van der Waals surface area contributed by atoms with Crippen LogP contribution in [-0.4, -0.2) is 17.6 Å². The van der Waals surface area contributed by atoms with Crippen LogP contribution >= 0.6 is 15.9 Å². The number of aromatic nitrogens is 1. The topological polar surface area (TPSA) is 34.2 Å². The van der Waals surface area contributed by atoms with Gasteiger partial charge >= 0.3 is 0 Å². The first-order valence-corrected chi connectivity index (χ1v) is 7.97. The molecule has 3 nitrogen and oxygen atoms in total. The van der Waals surface area contributed by atoms with Crippen molar-refractivity contribution in [2.75, 3.05) is 11.9 Å². The number of hydrogen-bond acceptors (Lipinski definition) is 3. The van der Waals surface area contributed by atoms with Crippen molar-refractivity contribution in [3.63, 3.8) is 0 Å². The SMILES string of the molecule is Cc1cc(Br)c2nc3c(c(NC4CC4)c2c1)COCC3. The third kappa shape index (κ3) is 2.11. The van der Waals surface area contributed by atoms with Crippen LogP contribution in [0.5, 0.6) is 0 Å². The van der Waals surface area contributed by atoms with E-state index in [4.69, 9.17) is 9.72 Å². The average molecular weight is 333 g/mol. The monoisotopic (exact) mass is 332 g/mol. The lowest BCUT2D eigenvalue weighted by molar-refractivity contribution is 0.110. The fourth-order valence-corrected chi connectivity index (χ4v) is 3.51. The molecular weight excluding hydrogens is 316 g/mol. The fraction of sp³-hybridized carbons (Fsp3) is 0.438. The Balaban J connectivity index is 2.01. The van der Waals surface area contributed by atoms with Crippen LogP contribution in [0.1, 0.15) is 29.7 Å². The van der Waals surface area contributed by atoms with Gasteiger partial charge in [0.05, 0.1) is 30.1 Å². The number of nitrogens with zero attached hydrogens (tertiary/aromatic N) is 1. The van der Waals surface area contributed by atoms with Crippen molar-refractivity contribution in [2.24, 2.45) is 0 Å². The van der Waals surface area contributed by atoms with Gasteiger partial charge in [-0.2, -0.15) is 0 Å². The van der Waals surface area contributed by atoms with Crippen molar-refractivity contribution in [3.8, 4) is 0 Å². The van der Waals surface area contributed by atoms with Gasteiger partial charge in [-0.05, 0) is 53.4 Å². The quantitative estimate of drug-likeness (QED) is 0.903. The van der Waals surface area contributed by atoms with Gasteiger partial charge in [-0.25, -0.2) is 0 Å². The van der Waals surface area contributed by atoms with Gasteiger partial charge in [-0.3, -0.25) is 4.98 Å². The molecule has 0 saturated heterocycles. The van der Waals surface area contributed by atoms with E-state index in [9.17, 15) is 0 Å². The lowest BCUT2D eigenvalue weighted by atomic mass is 10.0. The molecular formula is C16H17BrN2O. The minimum absolute atomic E-state index is 0.630. The zero-order valence-corrected chi connectivity index (χ0v) is 13.1. The number of nitrogens with one attached hydrogen (secondary N) is 1. The molecule has 4 rings (SSSR count). The van der Waals surface area contributed by atoms with E-state index < -0.39 is 0 Å². The van der Waals surface area contributed by atoms with E-state index in [1.54, 1.807) is 0 Å². The highest BCUT2D eigenvalue weighted by Crippen LogP contribution is 2.38. The van der Waals surface area contributed by atoms with Crippen LogP contribution in [0.2, 0.25) is 0 Å². The van der Waals surface area contributed by atoms with Gasteiger partial charge < -0.3 is 10.1 Å². The minimum atomic E-state index is 0.630. The number of rotatable bonds is 2. The second-order valence-electron chi connectivity index (χ2n) is 5.78. The molecule has 2 aliphatic rings. The van der Waals surface area contributed by atoms with E-state index in [0.29, 0.717) is 12.6 Å². The van der Waals surface area contributed by atoms with Gasteiger partial charge in [0.2, 0.25) is 0 Å². The molecule has 1 aliphatic carbocycles. The zero-order valence-electron chi connectivity index (χ0n) is 11.5. The van der Waals surface area contributed by atoms with Crippen LogP contribution in [0.3, 0.4) is 0 Å². The number of anilines is 1. The molecule has 104 valence electrons. The normalized spacial score (nSPS) is 18.1. The van der Waals surface area contributed by atoms with Crippen molar-refractivity contribution < 1.29 is 4.74 Å². The molecule has 0 amide bonds. The van der Waals surface area contributed by atoms with Crippen molar-refractivity contribution in [1.82, 2.24) is 4.98 Å². The standard InChI is InChI=1S/C16H17BrN2O/c1-9-6-11-15(18-10-2-3-10)12-8-20-5-4-14(12)19-16(11)13(17)7-9/h6-7,10H,2-5,8H2,1H3,(H,18,19). The molecule has 4 heteroatoms. The molecule has 0 atom stereocenters. The molecule has 1 fully saturated rings. The third-order valence-electron chi connectivity index (χ3n) is 4.03. The largest absolute Gasteiger partial charge is 0.381 e. The molecule has 1 saturated carbocycles. The molecule has 1 aliphatic heterocycles. The second-order valence-corrected chi connectivity index (χ2v) is 6.63. The van der Waals surface area contributed by atoms with Crippen LogP contribution < -0.4 is 5.32 Å². The maximum atomic E-state index is 5.66. The summed E-state index contributed by atoms with van der Waals surface area (Å²) in [6.45, 7) is 3.58. The molecule has 1 aromatic heterocycles. The number of pyridine rings is 1. The highest BCUT2D eigenvalue weighted by Gasteiger charge is 2.26. The smallest absolute Gasteiger partial charge is 0.0868 e. The summed E-state index contributed by atoms with van der Waals surface area (Å²) < 4.78 is 6.74. The molecule has 0 spiro atoms. The van der Waals surface area contributed by atoms with Crippen LogP contribution in [0, 0.1) is 6.92 Å².